The third-order valence-corrected chi connectivity index (χ3v) is 3.77. The zero-order valence-electron chi connectivity index (χ0n) is 10.6. The van der Waals surface area contributed by atoms with Crippen molar-refractivity contribution in [1.29, 1.82) is 0 Å². The van der Waals surface area contributed by atoms with Gasteiger partial charge >= 0.3 is 0 Å². The summed E-state index contributed by atoms with van der Waals surface area (Å²) in [6.07, 6.45) is 6.88. The van der Waals surface area contributed by atoms with Gasteiger partial charge in [-0.1, -0.05) is 24.4 Å². The fourth-order valence-electron chi connectivity index (χ4n) is 2.12. The van der Waals surface area contributed by atoms with Crippen molar-refractivity contribution in [3.8, 4) is 0 Å². The van der Waals surface area contributed by atoms with Crippen molar-refractivity contribution in [2.45, 2.75) is 43.9 Å². The van der Waals surface area contributed by atoms with Gasteiger partial charge in [0.2, 0.25) is 5.89 Å². The van der Waals surface area contributed by atoms with Crippen molar-refractivity contribution >= 4 is 9.84 Å². The summed E-state index contributed by atoms with van der Waals surface area (Å²) in [5.74, 6) is 0.593. The van der Waals surface area contributed by atoms with Crippen LogP contribution in [0, 0.1) is 0 Å². The Labute approximate surface area is 107 Å². The van der Waals surface area contributed by atoms with Gasteiger partial charge in [0.1, 0.15) is 5.75 Å². The molecule has 1 aromatic rings. The highest BCUT2D eigenvalue weighted by atomic mass is 32.2. The second kappa shape index (κ2) is 5.79. The number of nitrogens with zero attached hydrogens (tertiary/aromatic N) is 2. The highest BCUT2D eigenvalue weighted by molar-refractivity contribution is 7.89. The van der Waals surface area contributed by atoms with Crippen LogP contribution in [0.3, 0.4) is 0 Å². The molecule has 1 fully saturated rings. The Kier molecular flexibility index (Phi) is 4.34. The first-order valence-corrected chi connectivity index (χ1v) is 8.34. The van der Waals surface area contributed by atoms with Crippen LogP contribution in [-0.4, -0.2) is 31.4 Å². The Morgan fingerprint density at radius 3 is 2.89 bits per heavy atom. The molecule has 102 valence electrons. The largest absolute Gasteiger partial charge is 0.338 e. The molecule has 2 rings (SSSR count). The maximum absolute atomic E-state index is 11.1. The minimum Gasteiger partial charge on any atom is -0.338 e. The molecular weight excluding hydrogens is 254 g/mol. The molecule has 1 saturated heterocycles. The van der Waals surface area contributed by atoms with Crippen molar-refractivity contribution in [2.24, 2.45) is 0 Å². The lowest BCUT2D eigenvalue weighted by atomic mass is 10.0. The van der Waals surface area contributed by atoms with E-state index >= 15 is 0 Å². The fourth-order valence-corrected chi connectivity index (χ4v) is 2.70. The molecule has 1 atom stereocenters. The van der Waals surface area contributed by atoms with Gasteiger partial charge in [-0.15, -0.1) is 0 Å². The first-order chi connectivity index (χ1) is 8.54. The molecule has 0 bridgehead atoms. The van der Waals surface area contributed by atoms with E-state index in [0.29, 0.717) is 5.89 Å². The summed E-state index contributed by atoms with van der Waals surface area (Å²) < 4.78 is 27.5. The molecule has 0 spiro atoms. The molecule has 0 aliphatic carbocycles. The molecule has 1 aliphatic rings. The van der Waals surface area contributed by atoms with Gasteiger partial charge in [-0.25, -0.2) is 8.42 Å². The van der Waals surface area contributed by atoms with Crippen LogP contribution in [-0.2, 0) is 15.6 Å². The Morgan fingerprint density at radius 1 is 1.33 bits per heavy atom. The first-order valence-electron chi connectivity index (χ1n) is 6.28. The maximum atomic E-state index is 11.1. The van der Waals surface area contributed by atoms with E-state index < -0.39 is 9.84 Å². The summed E-state index contributed by atoms with van der Waals surface area (Å²) in [4.78, 5) is 4.17. The van der Waals surface area contributed by atoms with E-state index in [1.165, 1.54) is 12.8 Å². The van der Waals surface area contributed by atoms with E-state index in [-0.39, 0.29) is 17.6 Å². The Bertz CT molecular complexity index is 475. The first kappa shape index (κ1) is 13.5. The second-order valence-electron chi connectivity index (χ2n) is 4.83. The minimum atomic E-state index is -3.11. The number of rotatable bonds is 3. The Morgan fingerprint density at radius 2 is 2.11 bits per heavy atom. The standard InChI is InChI=1S/C11H19N3O3S/c1-18(15,16)8-10-13-11(17-14-10)9-6-4-2-3-5-7-12-9/h9,12H,2-8H2,1H3. The van der Waals surface area contributed by atoms with Gasteiger partial charge in [-0.05, 0) is 19.4 Å². The molecule has 1 aliphatic heterocycles. The third kappa shape index (κ3) is 4.06. The number of aromatic nitrogens is 2. The van der Waals surface area contributed by atoms with Crippen LogP contribution >= 0.6 is 0 Å². The molecule has 0 aromatic carbocycles. The average Bonchev–Trinajstić information content (AvgIpc) is 2.62. The molecule has 2 heterocycles. The van der Waals surface area contributed by atoms with Crippen LogP contribution < -0.4 is 5.32 Å². The third-order valence-electron chi connectivity index (χ3n) is 2.98. The van der Waals surface area contributed by atoms with Crippen LogP contribution in [0.15, 0.2) is 4.52 Å². The zero-order valence-corrected chi connectivity index (χ0v) is 11.4. The summed E-state index contributed by atoms with van der Waals surface area (Å²) in [5, 5.41) is 7.09. The van der Waals surface area contributed by atoms with Crippen molar-refractivity contribution in [3.05, 3.63) is 11.7 Å². The van der Waals surface area contributed by atoms with Gasteiger partial charge in [0.15, 0.2) is 15.7 Å². The Hall–Kier alpha value is -0.950. The van der Waals surface area contributed by atoms with Crippen LogP contribution in [0.1, 0.15) is 49.9 Å². The van der Waals surface area contributed by atoms with E-state index in [2.05, 4.69) is 15.5 Å². The van der Waals surface area contributed by atoms with E-state index in [1.807, 2.05) is 0 Å². The molecule has 18 heavy (non-hydrogen) atoms. The average molecular weight is 273 g/mol. The minimum absolute atomic E-state index is 0.0612. The predicted octanol–water partition coefficient (Wildman–Crippen LogP) is 1.21. The lowest BCUT2D eigenvalue weighted by molar-refractivity contribution is 0.306. The van der Waals surface area contributed by atoms with Gasteiger partial charge in [0.25, 0.3) is 0 Å². The number of sulfone groups is 1. The summed E-state index contributed by atoms with van der Waals surface area (Å²) in [6.45, 7) is 0.939. The maximum Gasteiger partial charge on any atom is 0.243 e. The van der Waals surface area contributed by atoms with Gasteiger partial charge in [0.05, 0.1) is 6.04 Å². The van der Waals surface area contributed by atoms with Gasteiger partial charge in [0, 0.05) is 6.26 Å². The fraction of sp³-hybridized carbons (Fsp3) is 0.818. The summed E-state index contributed by atoms with van der Waals surface area (Å²) >= 11 is 0. The normalized spacial score (nSPS) is 22.4. The Balaban J connectivity index is 2.03. The van der Waals surface area contributed by atoms with Crippen molar-refractivity contribution in [1.82, 2.24) is 15.5 Å². The van der Waals surface area contributed by atoms with Crippen molar-refractivity contribution < 1.29 is 12.9 Å². The molecule has 0 saturated carbocycles. The smallest absolute Gasteiger partial charge is 0.243 e. The second-order valence-corrected chi connectivity index (χ2v) is 6.97. The summed E-state index contributed by atoms with van der Waals surface area (Å²) in [7, 11) is -3.11. The molecule has 6 nitrogen and oxygen atoms in total. The monoisotopic (exact) mass is 273 g/mol. The quantitative estimate of drug-likeness (QED) is 0.891. The summed E-state index contributed by atoms with van der Waals surface area (Å²) in [5.41, 5.74) is 0. The van der Waals surface area contributed by atoms with Crippen LogP contribution in [0.25, 0.3) is 0 Å². The lowest BCUT2D eigenvalue weighted by Crippen LogP contribution is -2.24. The van der Waals surface area contributed by atoms with Gasteiger partial charge in [-0.3, -0.25) is 0 Å². The van der Waals surface area contributed by atoms with Crippen molar-refractivity contribution in [3.63, 3.8) is 0 Å². The SMILES string of the molecule is CS(=O)(=O)Cc1noc(C2CCCCCCN2)n1. The molecule has 1 N–H and O–H groups in total. The molecule has 1 unspecified atom stereocenters. The molecule has 7 heteroatoms. The van der Waals surface area contributed by atoms with Crippen LogP contribution in [0.2, 0.25) is 0 Å². The predicted molar refractivity (Wildman–Crippen MR) is 66.7 cm³/mol. The van der Waals surface area contributed by atoms with E-state index in [0.717, 1.165) is 32.1 Å². The molecular formula is C11H19N3O3S. The number of nitrogens with one attached hydrogen (secondary N) is 1. The zero-order chi connectivity index (χ0) is 13.0. The van der Waals surface area contributed by atoms with E-state index in [4.69, 9.17) is 4.52 Å². The highest BCUT2D eigenvalue weighted by Crippen LogP contribution is 2.21. The number of hydrogen-bond donors (Lipinski definition) is 1. The van der Waals surface area contributed by atoms with Crippen molar-refractivity contribution in [2.75, 3.05) is 12.8 Å². The van der Waals surface area contributed by atoms with E-state index in [1.54, 1.807) is 0 Å². The van der Waals surface area contributed by atoms with E-state index in [9.17, 15) is 8.42 Å². The highest BCUT2D eigenvalue weighted by Gasteiger charge is 2.20. The van der Waals surface area contributed by atoms with Crippen LogP contribution in [0.4, 0.5) is 0 Å². The number of hydrogen-bond acceptors (Lipinski definition) is 6. The summed E-state index contributed by atoms with van der Waals surface area (Å²) in [6, 6.07) is 0.0612. The topological polar surface area (TPSA) is 85.1 Å². The molecule has 1 aromatic heterocycles. The van der Waals surface area contributed by atoms with Crippen LogP contribution in [0.5, 0.6) is 0 Å². The molecule has 0 amide bonds. The van der Waals surface area contributed by atoms with Gasteiger partial charge in [-0.2, -0.15) is 4.98 Å². The van der Waals surface area contributed by atoms with Gasteiger partial charge < -0.3 is 9.84 Å². The lowest BCUT2D eigenvalue weighted by Gasteiger charge is -2.17. The molecule has 0 radical (unpaired) electrons.